The molecule has 0 spiro atoms. The second kappa shape index (κ2) is 13.7. The van der Waals surface area contributed by atoms with E-state index < -0.39 is 5.97 Å². The van der Waals surface area contributed by atoms with Gasteiger partial charge in [-0.1, -0.05) is 30.8 Å². The van der Waals surface area contributed by atoms with Crippen LogP contribution in [-0.2, 0) is 9.53 Å². The normalized spacial score (nSPS) is 10.4. The highest BCUT2D eigenvalue weighted by molar-refractivity contribution is 5.91. The van der Waals surface area contributed by atoms with Gasteiger partial charge in [0.1, 0.15) is 17.2 Å². The number of hydrogen-bond acceptors (Lipinski definition) is 6. The molecular weight excluding hydrogens is 456 g/mol. The topological polar surface area (TPSA) is 71.1 Å². The van der Waals surface area contributed by atoms with Crippen LogP contribution in [0.1, 0.15) is 43.0 Å². The van der Waals surface area contributed by atoms with Gasteiger partial charge < -0.3 is 18.9 Å². The van der Waals surface area contributed by atoms with Crippen molar-refractivity contribution in [2.75, 3.05) is 20.3 Å². The van der Waals surface area contributed by atoms with E-state index in [0.29, 0.717) is 35.8 Å². The van der Waals surface area contributed by atoms with Gasteiger partial charge in [-0.15, -0.1) is 0 Å². The summed E-state index contributed by atoms with van der Waals surface area (Å²) >= 11 is 0. The zero-order chi connectivity index (χ0) is 25.8. The summed E-state index contributed by atoms with van der Waals surface area (Å²) in [6.07, 6.45) is 3.65. The smallest absolute Gasteiger partial charge is 0.343 e. The van der Waals surface area contributed by atoms with Gasteiger partial charge in [0.2, 0.25) is 0 Å². The molecule has 0 fully saturated rings. The Labute approximate surface area is 212 Å². The molecule has 0 bridgehead atoms. The minimum atomic E-state index is -0.425. The number of methoxy groups -OCH3 is 1. The molecule has 6 nitrogen and oxygen atoms in total. The molecule has 3 aromatic carbocycles. The minimum Gasteiger partial charge on any atom is -0.497 e. The number of benzene rings is 3. The molecule has 0 aromatic heterocycles. The number of ether oxygens (including phenoxy) is 4. The molecule has 0 N–H and O–H groups in total. The SMILES string of the molecule is C=C(C)C(=O)OCCCCCCOc1ccc(C(=O)Oc2ccc(-c3ccc(OC)cc3)cc2)cc1. The van der Waals surface area contributed by atoms with Crippen LogP contribution in [0, 0.1) is 0 Å². The van der Waals surface area contributed by atoms with Crippen molar-refractivity contribution in [3.05, 3.63) is 90.5 Å². The third-order valence-corrected chi connectivity index (χ3v) is 5.47. The van der Waals surface area contributed by atoms with E-state index in [9.17, 15) is 9.59 Å². The van der Waals surface area contributed by atoms with E-state index in [1.54, 1.807) is 50.4 Å². The average molecular weight is 489 g/mol. The first-order valence-corrected chi connectivity index (χ1v) is 12.0. The van der Waals surface area contributed by atoms with Gasteiger partial charge in [0.25, 0.3) is 0 Å². The van der Waals surface area contributed by atoms with Gasteiger partial charge in [-0.05, 0) is 92.3 Å². The van der Waals surface area contributed by atoms with Crippen molar-refractivity contribution >= 4 is 11.9 Å². The average Bonchev–Trinajstić information content (AvgIpc) is 2.90. The molecule has 6 heteroatoms. The Morgan fingerprint density at radius 1 is 0.694 bits per heavy atom. The van der Waals surface area contributed by atoms with Crippen LogP contribution >= 0.6 is 0 Å². The van der Waals surface area contributed by atoms with Crippen LogP contribution in [0.15, 0.2) is 84.9 Å². The van der Waals surface area contributed by atoms with Gasteiger partial charge in [-0.3, -0.25) is 0 Å². The van der Waals surface area contributed by atoms with Gasteiger partial charge in [-0.25, -0.2) is 9.59 Å². The van der Waals surface area contributed by atoms with Crippen molar-refractivity contribution in [2.45, 2.75) is 32.6 Å². The molecule has 188 valence electrons. The summed E-state index contributed by atoms with van der Waals surface area (Å²) in [6.45, 7) is 6.18. The molecule has 36 heavy (non-hydrogen) atoms. The number of unbranched alkanes of at least 4 members (excludes halogenated alkanes) is 3. The number of hydrogen-bond donors (Lipinski definition) is 0. The number of rotatable bonds is 13. The number of esters is 2. The Balaban J connectivity index is 1.37. The third kappa shape index (κ3) is 8.31. The second-order valence-corrected chi connectivity index (χ2v) is 8.35. The first-order valence-electron chi connectivity index (χ1n) is 12.0. The first-order chi connectivity index (χ1) is 17.5. The van der Waals surface area contributed by atoms with Crippen LogP contribution in [-0.4, -0.2) is 32.3 Å². The Hall–Kier alpha value is -4.06. The van der Waals surface area contributed by atoms with E-state index in [1.165, 1.54) is 0 Å². The first kappa shape index (κ1) is 26.5. The van der Waals surface area contributed by atoms with E-state index in [0.717, 1.165) is 42.6 Å². The zero-order valence-electron chi connectivity index (χ0n) is 20.8. The van der Waals surface area contributed by atoms with Crippen molar-refractivity contribution in [2.24, 2.45) is 0 Å². The van der Waals surface area contributed by atoms with Crippen molar-refractivity contribution in [1.29, 1.82) is 0 Å². The lowest BCUT2D eigenvalue weighted by atomic mass is 10.1. The lowest BCUT2D eigenvalue weighted by molar-refractivity contribution is -0.139. The molecule has 0 unspecified atom stereocenters. The van der Waals surface area contributed by atoms with Crippen LogP contribution in [0.25, 0.3) is 11.1 Å². The number of carbonyl (C=O) groups excluding carboxylic acids is 2. The van der Waals surface area contributed by atoms with E-state index in [-0.39, 0.29) is 5.97 Å². The van der Waals surface area contributed by atoms with Crippen molar-refractivity contribution in [3.63, 3.8) is 0 Å². The lowest BCUT2D eigenvalue weighted by Crippen LogP contribution is -2.08. The van der Waals surface area contributed by atoms with E-state index in [2.05, 4.69) is 6.58 Å². The highest BCUT2D eigenvalue weighted by atomic mass is 16.5. The van der Waals surface area contributed by atoms with Gasteiger partial charge in [0, 0.05) is 5.57 Å². The summed E-state index contributed by atoms with van der Waals surface area (Å²) in [6, 6.07) is 22.1. The van der Waals surface area contributed by atoms with Gasteiger partial charge >= 0.3 is 11.9 Å². The summed E-state index contributed by atoms with van der Waals surface area (Å²) in [7, 11) is 1.64. The molecule has 3 aromatic rings. The van der Waals surface area contributed by atoms with Gasteiger partial charge in [-0.2, -0.15) is 0 Å². The van der Waals surface area contributed by atoms with Crippen molar-refractivity contribution < 1.29 is 28.5 Å². The Bertz CT molecular complexity index is 1130. The molecule has 0 amide bonds. The summed E-state index contributed by atoms with van der Waals surface area (Å²) in [5.74, 6) is 1.22. The molecule has 0 aliphatic rings. The summed E-state index contributed by atoms with van der Waals surface area (Å²) in [5, 5.41) is 0. The van der Waals surface area contributed by atoms with Crippen LogP contribution in [0.5, 0.6) is 17.2 Å². The van der Waals surface area contributed by atoms with Crippen LogP contribution in [0.4, 0.5) is 0 Å². The van der Waals surface area contributed by atoms with Crippen molar-refractivity contribution in [3.8, 4) is 28.4 Å². The van der Waals surface area contributed by atoms with E-state index in [4.69, 9.17) is 18.9 Å². The molecule has 0 atom stereocenters. The Kier molecular flexibility index (Phi) is 10.1. The van der Waals surface area contributed by atoms with E-state index in [1.807, 2.05) is 36.4 Å². The minimum absolute atomic E-state index is 0.340. The number of carbonyl (C=O) groups is 2. The predicted molar refractivity (Wildman–Crippen MR) is 140 cm³/mol. The van der Waals surface area contributed by atoms with E-state index >= 15 is 0 Å². The fraction of sp³-hybridized carbons (Fsp3) is 0.267. The molecular formula is C30H32O6. The molecule has 0 heterocycles. The molecule has 0 aliphatic heterocycles. The van der Waals surface area contributed by atoms with Crippen LogP contribution in [0.3, 0.4) is 0 Å². The Morgan fingerprint density at radius 3 is 1.78 bits per heavy atom. The fourth-order valence-electron chi connectivity index (χ4n) is 3.39. The monoisotopic (exact) mass is 488 g/mol. The maximum atomic E-state index is 12.5. The molecule has 0 radical (unpaired) electrons. The standard InChI is InChI=1S/C30H32O6/c1-22(2)29(31)35-21-7-5-4-6-20-34-27-16-12-25(13-17-27)30(32)36-28-18-10-24(11-19-28)23-8-14-26(33-3)15-9-23/h8-19H,1,4-7,20-21H2,2-3H3. The predicted octanol–water partition coefficient (Wildman–Crippen LogP) is 6.64. The third-order valence-electron chi connectivity index (χ3n) is 5.47. The quantitative estimate of drug-likeness (QED) is 0.116. The van der Waals surface area contributed by atoms with Gasteiger partial charge in [0.15, 0.2) is 0 Å². The summed E-state index contributed by atoms with van der Waals surface area (Å²) < 4.78 is 21.5. The zero-order valence-corrected chi connectivity index (χ0v) is 20.8. The van der Waals surface area contributed by atoms with Gasteiger partial charge in [0.05, 0.1) is 25.9 Å². The lowest BCUT2D eigenvalue weighted by Gasteiger charge is -2.09. The second-order valence-electron chi connectivity index (χ2n) is 8.35. The maximum Gasteiger partial charge on any atom is 0.343 e. The van der Waals surface area contributed by atoms with Crippen LogP contribution < -0.4 is 14.2 Å². The molecule has 0 saturated heterocycles. The molecule has 0 saturated carbocycles. The highest BCUT2D eigenvalue weighted by Crippen LogP contribution is 2.25. The summed E-state index contributed by atoms with van der Waals surface area (Å²) in [4.78, 5) is 23.8. The van der Waals surface area contributed by atoms with Crippen molar-refractivity contribution in [1.82, 2.24) is 0 Å². The largest absolute Gasteiger partial charge is 0.497 e. The summed E-state index contributed by atoms with van der Waals surface area (Å²) in [5.41, 5.74) is 2.94. The Morgan fingerprint density at radius 2 is 1.22 bits per heavy atom. The maximum absolute atomic E-state index is 12.5. The fourth-order valence-corrected chi connectivity index (χ4v) is 3.39. The molecule has 3 rings (SSSR count). The highest BCUT2D eigenvalue weighted by Gasteiger charge is 2.09. The molecule has 0 aliphatic carbocycles. The van der Waals surface area contributed by atoms with Crippen LogP contribution in [0.2, 0.25) is 0 Å².